The molecule has 0 fully saturated rings. The fourth-order valence-electron chi connectivity index (χ4n) is 1.75. The van der Waals surface area contributed by atoms with E-state index < -0.39 is 0 Å². The Hall–Kier alpha value is -2.04. The van der Waals surface area contributed by atoms with Crippen molar-refractivity contribution in [1.29, 1.82) is 0 Å². The van der Waals surface area contributed by atoms with Gasteiger partial charge in [-0.2, -0.15) is 5.10 Å². The van der Waals surface area contributed by atoms with Crippen LogP contribution in [0.3, 0.4) is 0 Å². The van der Waals surface area contributed by atoms with Crippen molar-refractivity contribution in [2.45, 2.75) is 19.4 Å². The van der Waals surface area contributed by atoms with Gasteiger partial charge in [0.15, 0.2) is 0 Å². The molecular formula is C12H16N4O. The molecule has 2 heterocycles. The summed E-state index contributed by atoms with van der Waals surface area (Å²) in [6, 6.07) is 3.56. The van der Waals surface area contributed by atoms with Gasteiger partial charge in [-0.25, -0.2) is 0 Å². The lowest BCUT2D eigenvalue weighted by Gasteiger charge is -2.14. The molecule has 5 heteroatoms. The molecule has 2 aromatic rings. The zero-order valence-corrected chi connectivity index (χ0v) is 9.97. The summed E-state index contributed by atoms with van der Waals surface area (Å²) < 4.78 is 1.73. The number of nitrogens with one attached hydrogen (secondary N) is 2. The largest absolute Gasteiger partial charge is 0.357 e. The smallest absolute Gasteiger partial charge is 0.268 e. The number of hydrogen-bond donors (Lipinski definition) is 2. The highest BCUT2D eigenvalue weighted by Crippen LogP contribution is 2.15. The van der Waals surface area contributed by atoms with Crippen LogP contribution in [0.1, 0.15) is 35.4 Å². The minimum absolute atomic E-state index is 0.000463. The fraction of sp³-hybridized carbons (Fsp3) is 0.333. The van der Waals surface area contributed by atoms with Crippen LogP contribution in [0.25, 0.3) is 0 Å². The highest BCUT2D eigenvalue weighted by molar-refractivity contribution is 5.92. The molecular weight excluding hydrogens is 216 g/mol. The van der Waals surface area contributed by atoms with E-state index in [1.807, 2.05) is 20.2 Å². The SMILES string of the molecule is CC[C@@H](NC(=O)c1ccc[nH]1)c1cnn(C)c1. The number of carbonyl (C=O) groups excluding carboxylic acids is 1. The van der Waals surface area contributed by atoms with Gasteiger partial charge < -0.3 is 10.3 Å². The Kier molecular flexibility index (Phi) is 3.27. The number of carbonyl (C=O) groups is 1. The van der Waals surface area contributed by atoms with Crippen LogP contribution < -0.4 is 5.32 Å². The molecule has 0 saturated heterocycles. The van der Waals surface area contributed by atoms with Gasteiger partial charge in [0.1, 0.15) is 5.69 Å². The zero-order valence-electron chi connectivity index (χ0n) is 9.97. The summed E-state index contributed by atoms with van der Waals surface area (Å²) >= 11 is 0. The van der Waals surface area contributed by atoms with Gasteiger partial charge in [-0.15, -0.1) is 0 Å². The Balaban J connectivity index is 2.08. The molecule has 2 N–H and O–H groups in total. The van der Waals surface area contributed by atoms with E-state index in [-0.39, 0.29) is 11.9 Å². The van der Waals surface area contributed by atoms with Gasteiger partial charge in [-0.3, -0.25) is 9.48 Å². The molecule has 2 rings (SSSR count). The lowest BCUT2D eigenvalue weighted by molar-refractivity contribution is 0.0931. The molecule has 0 unspecified atom stereocenters. The van der Waals surface area contributed by atoms with E-state index in [2.05, 4.69) is 15.4 Å². The molecule has 0 aliphatic rings. The number of rotatable bonds is 4. The maximum Gasteiger partial charge on any atom is 0.268 e. The Labute approximate surface area is 99.8 Å². The van der Waals surface area contributed by atoms with E-state index in [9.17, 15) is 4.79 Å². The van der Waals surface area contributed by atoms with E-state index in [1.54, 1.807) is 29.2 Å². The van der Waals surface area contributed by atoms with Crippen molar-refractivity contribution in [3.05, 3.63) is 42.0 Å². The van der Waals surface area contributed by atoms with E-state index in [1.165, 1.54) is 0 Å². The minimum atomic E-state index is -0.0919. The maximum atomic E-state index is 11.9. The van der Waals surface area contributed by atoms with Crippen molar-refractivity contribution < 1.29 is 4.79 Å². The first-order chi connectivity index (χ1) is 8.20. The monoisotopic (exact) mass is 232 g/mol. The summed E-state index contributed by atoms with van der Waals surface area (Å²) in [7, 11) is 1.86. The number of aryl methyl sites for hydroxylation is 1. The van der Waals surface area contributed by atoms with Crippen molar-refractivity contribution in [2.75, 3.05) is 0 Å². The Morgan fingerprint density at radius 3 is 3.00 bits per heavy atom. The molecule has 1 atom stereocenters. The first kappa shape index (κ1) is 11.4. The minimum Gasteiger partial charge on any atom is -0.357 e. The normalized spacial score (nSPS) is 12.4. The van der Waals surface area contributed by atoms with Gasteiger partial charge >= 0.3 is 0 Å². The second kappa shape index (κ2) is 4.86. The summed E-state index contributed by atoms with van der Waals surface area (Å²) in [6.07, 6.45) is 6.27. The van der Waals surface area contributed by atoms with Gasteiger partial charge in [0.2, 0.25) is 0 Å². The number of nitrogens with zero attached hydrogens (tertiary/aromatic N) is 2. The Morgan fingerprint density at radius 1 is 1.65 bits per heavy atom. The van der Waals surface area contributed by atoms with Gasteiger partial charge in [0.25, 0.3) is 5.91 Å². The van der Waals surface area contributed by atoms with Gasteiger partial charge in [0, 0.05) is 25.0 Å². The maximum absolute atomic E-state index is 11.9. The number of H-pyrrole nitrogens is 1. The average molecular weight is 232 g/mol. The highest BCUT2D eigenvalue weighted by Gasteiger charge is 2.15. The molecule has 2 aromatic heterocycles. The third kappa shape index (κ3) is 2.55. The molecule has 90 valence electrons. The van der Waals surface area contributed by atoms with Crippen LogP contribution in [0, 0.1) is 0 Å². The van der Waals surface area contributed by atoms with E-state index >= 15 is 0 Å². The van der Waals surface area contributed by atoms with Gasteiger partial charge in [-0.05, 0) is 18.6 Å². The first-order valence-electron chi connectivity index (χ1n) is 5.63. The predicted octanol–water partition coefficient (Wildman–Crippen LogP) is 1.63. The highest BCUT2D eigenvalue weighted by atomic mass is 16.1. The molecule has 0 bridgehead atoms. The molecule has 5 nitrogen and oxygen atoms in total. The predicted molar refractivity (Wildman–Crippen MR) is 64.5 cm³/mol. The van der Waals surface area contributed by atoms with Crippen molar-refractivity contribution in [1.82, 2.24) is 20.1 Å². The standard InChI is InChI=1S/C12H16N4O/c1-3-10(9-7-14-16(2)8-9)15-12(17)11-5-4-6-13-11/h4-8,10,13H,3H2,1-2H3,(H,15,17)/t10-/m1/s1. The van der Waals surface area contributed by atoms with Crippen molar-refractivity contribution >= 4 is 5.91 Å². The van der Waals surface area contributed by atoms with E-state index in [4.69, 9.17) is 0 Å². The van der Waals surface area contributed by atoms with Crippen LogP contribution in [0.5, 0.6) is 0 Å². The third-order valence-electron chi connectivity index (χ3n) is 2.68. The van der Waals surface area contributed by atoms with Crippen molar-refractivity contribution in [3.63, 3.8) is 0 Å². The number of aromatic amines is 1. The van der Waals surface area contributed by atoms with Gasteiger partial charge in [-0.1, -0.05) is 6.92 Å². The topological polar surface area (TPSA) is 62.7 Å². The zero-order chi connectivity index (χ0) is 12.3. The van der Waals surface area contributed by atoms with Crippen molar-refractivity contribution in [3.8, 4) is 0 Å². The van der Waals surface area contributed by atoms with Crippen LogP contribution in [0.4, 0.5) is 0 Å². The number of hydrogen-bond acceptors (Lipinski definition) is 2. The molecule has 0 aliphatic heterocycles. The number of aromatic nitrogens is 3. The quantitative estimate of drug-likeness (QED) is 0.841. The lowest BCUT2D eigenvalue weighted by atomic mass is 10.1. The molecule has 0 spiro atoms. The van der Waals surface area contributed by atoms with Crippen LogP contribution in [0.2, 0.25) is 0 Å². The van der Waals surface area contributed by atoms with E-state index in [0.717, 1.165) is 12.0 Å². The molecule has 17 heavy (non-hydrogen) atoms. The Bertz CT molecular complexity index is 486. The third-order valence-corrected chi connectivity index (χ3v) is 2.68. The summed E-state index contributed by atoms with van der Waals surface area (Å²) in [5, 5.41) is 7.09. The van der Waals surface area contributed by atoms with Crippen LogP contribution in [-0.4, -0.2) is 20.7 Å². The van der Waals surface area contributed by atoms with Crippen molar-refractivity contribution in [2.24, 2.45) is 7.05 Å². The second-order valence-electron chi connectivity index (χ2n) is 3.97. The number of amides is 1. The molecule has 0 radical (unpaired) electrons. The molecule has 0 saturated carbocycles. The van der Waals surface area contributed by atoms with E-state index in [0.29, 0.717) is 5.69 Å². The molecule has 0 aromatic carbocycles. The first-order valence-corrected chi connectivity index (χ1v) is 5.63. The molecule has 0 aliphatic carbocycles. The van der Waals surface area contributed by atoms with Crippen LogP contribution in [0.15, 0.2) is 30.7 Å². The Morgan fingerprint density at radius 2 is 2.47 bits per heavy atom. The summed E-state index contributed by atoms with van der Waals surface area (Å²) in [5.74, 6) is -0.0919. The lowest BCUT2D eigenvalue weighted by Crippen LogP contribution is -2.28. The van der Waals surface area contributed by atoms with Gasteiger partial charge in [0.05, 0.1) is 12.2 Å². The van der Waals surface area contributed by atoms with Crippen LogP contribution in [-0.2, 0) is 7.05 Å². The fourth-order valence-corrected chi connectivity index (χ4v) is 1.75. The summed E-state index contributed by atoms with van der Waals surface area (Å²) in [5.41, 5.74) is 1.60. The second-order valence-corrected chi connectivity index (χ2v) is 3.97. The summed E-state index contributed by atoms with van der Waals surface area (Å²) in [6.45, 7) is 2.03. The van der Waals surface area contributed by atoms with Crippen LogP contribution >= 0.6 is 0 Å². The molecule has 1 amide bonds. The average Bonchev–Trinajstić information content (AvgIpc) is 2.96. The summed E-state index contributed by atoms with van der Waals surface area (Å²) in [4.78, 5) is 14.8.